The minimum atomic E-state index is -0.413. The molecular formula is C16H23ClN2O4. The lowest BCUT2D eigenvalue weighted by Crippen LogP contribution is -2.53. The lowest BCUT2D eigenvalue weighted by Gasteiger charge is -2.29. The molecule has 23 heavy (non-hydrogen) atoms. The van der Waals surface area contributed by atoms with Crippen molar-refractivity contribution >= 4 is 30.0 Å². The molecule has 7 heteroatoms. The first-order chi connectivity index (χ1) is 10.4. The highest BCUT2D eigenvalue weighted by molar-refractivity contribution is 5.98. The van der Waals surface area contributed by atoms with Gasteiger partial charge in [-0.25, -0.2) is 4.79 Å². The standard InChI is InChI=1S/C16H22N2O4.ClH/c1-9-7-12(8-13(10(9)2)16(20)21-4)18-15(19)14-11(3)22-6-5-17-14;/h7-8,11,14,17H,5-6H2,1-4H3,(H,18,19);1H/t11-,14+;/m1./s1. The second-order valence-corrected chi connectivity index (χ2v) is 5.45. The summed E-state index contributed by atoms with van der Waals surface area (Å²) in [4.78, 5) is 24.2. The zero-order chi connectivity index (χ0) is 16.3. The first kappa shape index (κ1) is 19.4. The van der Waals surface area contributed by atoms with Gasteiger partial charge in [0.05, 0.1) is 25.4 Å². The van der Waals surface area contributed by atoms with E-state index >= 15 is 0 Å². The summed E-state index contributed by atoms with van der Waals surface area (Å²) in [6.07, 6.45) is -0.194. The fraction of sp³-hybridized carbons (Fsp3) is 0.500. The average Bonchev–Trinajstić information content (AvgIpc) is 2.50. The van der Waals surface area contributed by atoms with Gasteiger partial charge < -0.3 is 20.1 Å². The number of amides is 1. The van der Waals surface area contributed by atoms with Crippen LogP contribution in [0.25, 0.3) is 0 Å². The monoisotopic (exact) mass is 342 g/mol. The Kier molecular flexibility index (Phi) is 7.00. The molecule has 1 heterocycles. The minimum Gasteiger partial charge on any atom is -0.465 e. The van der Waals surface area contributed by atoms with Crippen LogP contribution in [-0.2, 0) is 14.3 Å². The topological polar surface area (TPSA) is 76.7 Å². The second-order valence-electron chi connectivity index (χ2n) is 5.45. The van der Waals surface area contributed by atoms with Crippen molar-refractivity contribution in [1.29, 1.82) is 0 Å². The van der Waals surface area contributed by atoms with Gasteiger partial charge in [0.2, 0.25) is 5.91 Å². The van der Waals surface area contributed by atoms with Crippen molar-refractivity contribution in [3.63, 3.8) is 0 Å². The Labute approximate surface area is 142 Å². The molecule has 0 saturated carbocycles. The van der Waals surface area contributed by atoms with Crippen molar-refractivity contribution in [3.8, 4) is 0 Å². The fourth-order valence-electron chi connectivity index (χ4n) is 2.50. The number of halogens is 1. The van der Waals surface area contributed by atoms with Crippen LogP contribution in [0.1, 0.15) is 28.4 Å². The highest BCUT2D eigenvalue weighted by atomic mass is 35.5. The maximum atomic E-state index is 12.4. The molecular weight excluding hydrogens is 320 g/mol. The van der Waals surface area contributed by atoms with Gasteiger partial charge in [-0.15, -0.1) is 12.4 Å². The van der Waals surface area contributed by atoms with Crippen molar-refractivity contribution in [1.82, 2.24) is 5.32 Å². The zero-order valence-electron chi connectivity index (χ0n) is 13.8. The SMILES string of the molecule is COC(=O)c1cc(NC(=O)[C@H]2NCCO[C@@H]2C)cc(C)c1C.Cl. The molecule has 1 aliphatic heterocycles. The number of nitrogens with one attached hydrogen (secondary N) is 2. The van der Waals surface area contributed by atoms with Gasteiger partial charge >= 0.3 is 5.97 Å². The molecule has 1 aromatic carbocycles. The van der Waals surface area contributed by atoms with E-state index in [0.717, 1.165) is 11.1 Å². The predicted molar refractivity (Wildman–Crippen MR) is 90.3 cm³/mol. The molecule has 1 aliphatic rings. The molecule has 0 aliphatic carbocycles. The number of esters is 1. The summed E-state index contributed by atoms with van der Waals surface area (Å²) in [7, 11) is 1.34. The number of rotatable bonds is 3. The summed E-state index contributed by atoms with van der Waals surface area (Å²) in [6, 6.07) is 3.07. The van der Waals surface area contributed by atoms with Gasteiger partial charge in [0.25, 0.3) is 0 Å². The number of carbonyl (C=O) groups is 2. The molecule has 0 radical (unpaired) electrons. The van der Waals surface area contributed by atoms with Gasteiger partial charge in [-0.1, -0.05) is 0 Å². The Morgan fingerprint density at radius 1 is 1.35 bits per heavy atom. The smallest absolute Gasteiger partial charge is 0.338 e. The predicted octanol–water partition coefficient (Wildman–Crippen LogP) is 1.83. The van der Waals surface area contributed by atoms with Crippen LogP contribution in [0.4, 0.5) is 5.69 Å². The molecule has 128 valence electrons. The molecule has 2 atom stereocenters. The van der Waals surface area contributed by atoms with Crippen LogP contribution in [0.5, 0.6) is 0 Å². The van der Waals surface area contributed by atoms with E-state index in [1.54, 1.807) is 6.07 Å². The molecule has 2 rings (SSSR count). The maximum Gasteiger partial charge on any atom is 0.338 e. The zero-order valence-corrected chi connectivity index (χ0v) is 14.6. The highest BCUT2D eigenvalue weighted by Crippen LogP contribution is 2.21. The number of hydrogen-bond acceptors (Lipinski definition) is 5. The molecule has 1 fully saturated rings. The summed E-state index contributed by atoms with van der Waals surface area (Å²) >= 11 is 0. The summed E-state index contributed by atoms with van der Waals surface area (Å²) in [5.41, 5.74) is 2.79. The van der Waals surface area contributed by atoms with E-state index in [2.05, 4.69) is 10.6 Å². The normalized spacial score (nSPS) is 20.3. The van der Waals surface area contributed by atoms with Crippen LogP contribution < -0.4 is 10.6 Å². The number of hydrogen-bond donors (Lipinski definition) is 2. The van der Waals surface area contributed by atoms with Crippen LogP contribution in [-0.4, -0.2) is 44.3 Å². The van der Waals surface area contributed by atoms with Crippen molar-refractivity contribution < 1.29 is 19.1 Å². The van der Waals surface area contributed by atoms with Crippen LogP contribution in [0, 0.1) is 13.8 Å². The molecule has 1 saturated heterocycles. The van der Waals surface area contributed by atoms with Gasteiger partial charge in [-0.05, 0) is 44.0 Å². The van der Waals surface area contributed by atoms with Crippen LogP contribution in [0.2, 0.25) is 0 Å². The Morgan fingerprint density at radius 2 is 2.04 bits per heavy atom. The lowest BCUT2D eigenvalue weighted by molar-refractivity contribution is -0.123. The van der Waals surface area contributed by atoms with Crippen LogP contribution >= 0.6 is 12.4 Å². The Bertz CT molecular complexity index is 592. The van der Waals surface area contributed by atoms with Gasteiger partial charge in [-0.2, -0.15) is 0 Å². The fourth-order valence-corrected chi connectivity index (χ4v) is 2.50. The largest absolute Gasteiger partial charge is 0.465 e. The van der Waals surface area contributed by atoms with E-state index in [9.17, 15) is 9.59 Å². The van der Waals surface area contributed by atoms with Crippen molar-refractivity contribution in [2.24, 2.45) is 0 Å². The van der Waals surface area contributed by atoms with Gasteiger partial charge in [0, 0.05) is 12.2 Å². The molecule has 0 aromatic heterocycles. The average molecular weight is 343 g/mol. The molecule has 2 N–H and O–H groups in total. The highest BCUT2D eigenvalue weighted by Gasteiger charge is 2.28. The molecule has 0 spiro atoms. The number of ether oxygens (including phenoxy) is 2. The second kappa shape index (κ2) is 8.29. The molecule has 1 amide bonds. The van der Waals surface area contributed by atoms with Crippen LogP contribution in [0.3, 0.4) is 0 Å². The van der Waals surface area contributed by atoms with Gasteiger partial charge in [0.1, 0.15) is 6.04 Å². The van der Waals surface area contributed by atoms with Crippen molar-refractivity contribution in [2.75, 3.05) is 25.6 Å². The number of morpholine rings is 1. The third-order valence-corrected chi connectivity index (χ3v) is 3.94. The van der Waals surface area contributed by atoms with Gasteiger partial charge in [-0.3, -0.25) is 4.79 Å². The first-order valence-corrected chi connectivity index (χ1v) is 7.29. The van der Waals surface area contributed by atoms with E-state index in [1.807, 2.05) is 26.8 Å². The van der Waals surface area contributed by atoms with Crippen molar-refractivity contribution in [2.45, 2.75) is 32.9 Å². The Morgan fingerprint density at radius 3 is 2.65 bits per heavy atom. The van der Waals surface area contributed by atoms with E-state index in [0.29, 0.717) is 24.4 Å². The maximum absolute atomic E-state index is 12.4. The quantitative estimate of drug-likeness (QED) is 0.819. The van der Waals surface area contributed by atoms with E-state index in [4.69, 9.17) is 9.47 Å². The van der Waals surface area contributed by atoms with E-state index < -0.39 is 12.0 Å². The number of aryl methyl sites for hydroxylation is 1. The molecule has 6 nitrogen and oxygen atoms in total. The number of benzene rings is 1. The van der Waals surface area contributed by atoms with Crippen molar-refractivity contribution in [3.05, 3.63) is 28.8 Å². The number of carbonyl (C=O) groups excluding carboxylic acids is 2. The van der Waals surface area contributed by atoms with E-state index in [1.165, 1.54) is 7.11 Å². The lowest BCUT2D eigenvalue weighted by atomic mass is 10.0. The third-order valence-electron chi connectivity index (χ3n) is 3.94. The summed E-state index contributed by atoms with van der Waals surface area (Å²) < 4.78 is 10.3. The van der Waals surface area contributed by atoms with E-state index in [-0.39, 0.29) is 24.4 Å². The third kappa shape index (κ3) is 4.43. The minimum absolute atomic E-state index is 0. The molecule has 0 bridgehead atoms. The molecule has 1 aromatic rings. The Hall–Kier alpha value is -1.63. The summed E-state index contributed by atoms with van der Waals surface area (Å²) in [6.45, 7) is 6.84. The Balaban J connectivity index is 0.00000264. The summed E-state index contributed by atoms with van der Waals surface area (Å²) in [5.74, 6) is -0.588. The first-order valence-electron chi connectivity index (χ1n) is 7.29. The van der Waals surface area contributed by atoms with Crippen LogP contribution in [0.15, 0.2) is 12.1 Å². The summed E-state index contributed by atoms with van der Waals surface area (Å²) in [5, 5.41) is 5.98. The molecule has 0 unspecified atom stereocenters. The van der Waals surface area contributed by atoms with Gasteiger partial charge in [0.15, 0.2) is 0 Å². The number of anilines is 1. The number of methoxy groups -OCH3 is 1.